The van der Waals surface area contributed by atoms with Crippen LogP contribution in [0, 0.1) is 0 Å². The monoisotopic (exact) mass is 219 g/mol. The zero-order valence-corrected chi connectivity index (χ0v) is 9.55. The van der Waals surface area contributed by atoms with E-state index in [4.69, 9.17) is 5.73 Å². The molecule has 0 fully saturated rings. The SMILES string of the molecule is CB(O)c1ccc2scc(CCN)c2c1. The lowest BCUT2D eigenvalue weighted by Crippen LogP contribution is -2.25. The van der Waals surface area contributed by atoms with Gasteiger partial charge in [-0.05, 0) is 40.8 Å². The molecule has 2 aromatic rings. The molecule has 0 saturated carbocycles. The molecular weight excluding hydrogens is 205 g/mol. The van der Waals surface area contributed by atoms with Crippen molar-refractivity contribution in [3.8, 4) is 0 Å². The van der Waals surface area contributed by atoms with Gasteiger partial charge in [0.1, 0.15) is 0 Å². The summed E-state index contributed by atoms with van der Waals surface area (Å²) in [4.78, 5) is 0. The number of hydrogen-bond donors (Lipinski definition) is 2. The molecule has 2 nitrogen and oxygen atoms in total. The van der Waals surface area contributed by atoms with Crippen LogP contribution in [0.15, 0.2) is 23.6 Å². The van der Waals surface area contributed by atoms with E-state index in [-0.39, 0.29) is 0 Å². The van der Waals surface area contributed by atoms with Gasteiger partial charge in [-0.25, -0.2) is 0 Å². The molecular formula is C11H14BNOS. The first-order valence-electron chi connectivity index (χ1n) is 5.10. The normalized spacial score (nSPS) is 10.9. The largest absolute Gasteiger partial charge is 0.447 e. The van der Waals surface area contributed by atoms with Crippen molar-refractivity contribution in [1.82, 2.24) is 0 Å². The topological polar surface area (TPSA) is 46.2 Å². The summed E-state index contributed by atoms with van der Waals surface area (Å²) in [6.45, 7) is 2.06. The first-order valence-corrected chi connectivity index (χ1v) is 5.98. The zero-order valence-electron chi connectivity index (χ0n) is 8.73. The lowest BCUT2D eigenvalue weighted by molar-refractivity contribution is 0.594. The van der Waals surface area contributed by atoms with Crippen molar-refractivity contribution in [2.45, 2.75) is 13.2 Å². The number of fused-ring (bicyclic) bond motifs is 1. The van der Waals surface area contributed by atoms with E-state index in [0.29, 0.717) is 6.54 Å². The van der Waals surface area contributed by atoms with Gasteiger partial charge in [-0.15, -0.1) is 11.3 Å². The molecule has 0 unspecified atom stereocenters. The number of rotatable bonds is 3. The molecule has 0 aliphatic carbocycles. The van der Waals surface area contributed by atoms with E-state index in [1.807, 2.05) is 6.07 Å². The summed E-state index contributed by atoms with van der Waals surface area (Å²) in [6.07, 6.45) is 0.906. The predicted octanol–water partition coefficient (Wildman–Crippen LogP) is 1.22. The number of nitrogens with two attached hydrogens (primary N) is 1. The Morgan fingerprint density at radius 2 is 2.27 bits per heavy atom. The highest BCUT2D eigenvalue weighted by Gasteiger charge is 2.09. The Balaban J connectivity index is 2.51. The minimum absolute atomic E-state index is 0.403. The molecule has 0 amide bonds. The lowest BCUT2D eigenvalue weighted by atomic mass is 9.64. The highest BCUT2D eigenvalue weighted by molar-refractivity contribution is 7.17. The van der Waals surface area contributed by atoms with Crippen molar-refractivity contribution in [2.75, 3.05) is 6.54 Å². The van der Waals surface area contributed by atoms with Gasteiger partial charge in [0, 0.05) is 4.70 Å². The summed E-state index contributed by atoms with van der Waals surface area (Å²) in [5.74, 6) is 0. The molecule has 0 radical (unpaired) electrons. The molecule has 1 aromatic carbocycles. The van der Waals surface area contributed by atoms with E-state index < -0.39 is 6.92 Å². The maximum atomic E-state index is 9.52. The molecule has 0 atom stereocenters. The van der Waals surface area contributed by atoms with Gasteiger partial charge < -0.3 is 10.8 Å². The molecule has 0 bridgehead atoms. The Hall–Kier alpha value is -0.835. The minimum atomic E-state index is -0.403. The Morgan fingerprint density at radius 3 is 2.93 bits per heavy atom. The first kappa shape index (κ1) is 10.7. The summed E-state index contributed by atoms with van der Waals surface area (Å²) in [7, 11) is 0. The van der Waals surface area contributed by atoms with E-state index in [9.17, 15) is 5.02 Å². The third-order valence-corrected chi connectivity index (χ3v) is 3.59. The van der Waals surface area contributed by atoms with Crippen molar-refractivity contribution >= 4 is 33.8 Å². The lowest BCUT2D eigenvalue weighted by Gasteiger charge is -2.02. The molecule has 1 heterocycles. The van der Waals surface area contributed by atoms with Crippen LogP contribution in [0.3, 0.4) is 0 Å². The maximum Gasteiger partial charge on any atom is 0.320 e. The van der Waals surface area contributed by atoms with Crippen molar-refractivity contribution in [3.63, 3.8) is 0 Å². The van der Waals surface area contributed by atoms with Gasteiger partial charge in [-0.1, -0.05) is 19.0 Å². The van der Waals surface area contributed by atoms with Crippen LogP contribution in [-0.4, -0.2) is 18.5 Å². The fourth-order valence-corrected chi connectivity index (χ4v) is 2.69. The molecule has 0 saturated heterocycles. The second kappa shape index (κ2) is 4.35. The van der Waals surface area contributed by atoms with E-state index in [0.717, 1.165) is 11.9 Å². The number of benzene rings is 1. The van der Waals surface area contributed by atoms with E-state index >= 15 is 0 Å². The average Bonchev–Trinajstić information content (AvgIpc) is 2.61. The predicted molar refractivity (Wildman–Crippen MR) is 68.1 cm³/mol. The Bertz CT molecular complexity index is 467. The highest BCUT2D eigenvalue weighted by atomic mass is 32.1. The Morgan fingerprint density at radius 1 is 1.47 bits per heavy atom. The molecule has 78 valence electrons. The zero-order chi connectivity index (χ0) is 10.8. The van der Waals surface area contributed by atoms with Crippen LogP contribution in [0.1, 0.15) is 5.56 Å². The van der Waals surface area contributed by atoms with Crippen molar-refractivity contribution in [1.29, 1.82) is 0 Å². The third kappa shape index (κ3) is 2.07. The smallest absolute Gasteiger partial charge is 0.320 e. The molecule has 1 aromatic heterocycles. The molecule has 4 heteroatoms. The maximum absolute atomic E-state index is 9.52. The van der Waals surface area contributed by atoms with Gasteiger partial charge in [0.15, 0.2) is 0 Å². The molecule has 15 heavy (non-hydrogen) atoms. The van der Waals surface area contributed by atoms with E-state index in [1.54, 1.807) is 18.2 Å². The van der Waals surface area contributed by atoms with Crippen molar-refractivity contribution in [2.24, 2.45) is 5.73 Å². The second-order valence-corrected chi connectivity index (χ2v) is 4.64. The van der Waals surface area contributed by atoms with Crippen LogP contribution in [0.5, 0.6) is 0 Å². The summed E-state index contributed by atoms with van der Waals surface area (Å²) in [6, 6.07) is 6.12. The van der Waals surface area contributed by atoms with Crippen LogP contribution in [0.2, 0.25) is 6.82 Å². The van der Waals surface area contributed by atoms with Gasteiger partial charge in [0.05, 0.1) is 0 Å². The van der Waals surface area contributed by atoms with Gasteiger partial charge >= 0.3 is 6.92 Å². The minimum Gasteiger partial charge on any atom is -0.447 e. The van der Waals surface area contributed by atoms with Crippen LogP contribution < -0.4 is 11.2 Å². The van der Waals surface area contributed by atoms with Crippen LogP contribution in [0.4, 0.5) is 0 Å². The molecule has 0 aliphatic heterocycles. The number of thiophene rings is 1. The van der Waals surface area contributed by atoms with Gasteiger partial charge in [0.2, 0.25) is 0 Å². The Kier molecular flexibility index (Phi) is 3.10. The van der Waals surface area contributed by atoms with E-state index in [1.165, 1.54) is 15.6 Å². The highest BCUT2D eigenvalue weighted by Crippen LogP contribution is 2.25. The van der Waals surface area contributed by atoms with Gasteiger partial charge in [-0.3, -0.25) is 0 Å². The fourth-order valence-electron chi connectivity index (χ4n) is 1.71. The van der Waals surface area contributed by atoms with Crippen molar-refractivity contribution < 1.29 is 5.02 Å². The number of hydrogen-bond acceptors (Lipinski definition) is 3. The summed E-state index contributed by atoms with van der Waals surface area (Å²) in [5, 5.41) is 12.9. The molecule has 0 spiro atoms. The third-order valence-electron chi connectivity index (χ3n) is 2.57. The Labute approximate surface area is 93.8 Å². The summed E-state index contributed by atoms with van der Waals surface area (Å²) >= 11 is 1.74. The van der Waals surface area contributed by atoms with E-state index in [2.05, 4.69) is 17.5 Å². The first-order chi connectivity index (χ1) is 7.22. The van der Waals surface area contributed by atoms with Crippen molar-refractivity contribution in [3.05, 3.63) is 29.1 Å². The van der Waals surface area contributed by atoms with Gasteiger partial charge in [0.25, 0.3) is 0 Å². The summed E-state index contributed by atoms with van der Waals surface area (Å²) in [5.41, 5.74) is 7.83. The standard InChI is InChI=1S/C11H14BNOS/c1-12(14)9-2-3-11-10(6-9)8(4-5-13)7-15-11/h2-3,6-7,14H,4-5,13H2,1H3. The quantitative estimate of drug-likeness (QED) is 0.762. The second-order valence-electron chi connectivity index (χ2n) is 3.73. The van der Waals surface area contributed by atoms with Crippen LogP contribution in [-0.2, 0) is 6.42 Å². The fraction of sp³-hybridized carbons (Fsp3) is 0.273. The summed E-state index contributed by atoms with van der Waals surface area (Å²) < 4.78 is 1.27. The van der Waals surface area contributed by atoms with Gasteiger partial charge in [-0.2, -0.15) is 0 Å². The average molecular weight is 219 g/mol. The van der Waals surface area contributed by atoms with Crippen LogP contribution in [0.25, 0.3) is 10.1 Å². The molecule has 2 rings (SSSR count). The van der Waals surface area contributed by atoms with Crippen LogP contribution >= 0.6 is 11.3 Å². The molecule has 0 aliphatic rings. The molecule has 3 N–H and O–H groups in total.